The second kappa shape index (κ2) is 8.59. The second-order valence-electron chi connectivity index (χ2n) is 7.10. The molecule has 0 unspecified atom stereocenters. The standard InChI is InChI=1S/C25H22N2O2S/c1-3-7-19(8-4-1)13-14-27-22(18-30-25(27)26-21-9-5-2-6-10-21)20-11-12-23-24(17-20)29-16-15-28-23/h1-12,17-18H,13-16H2. The molecule has 0 fully saturated rings. The summed E-state index contributed by atoms with van der Waals surface area (Å²) in [5.41, 5.74) is 4.53. The number of aromatic nitrogens is 1. The van der Waals surface area contributed by atoms with E-state index in [-0.39, 0.29) is 0 Å². The Hall–Kier alpha value is -3.31. The molecule has 2 heterocycles. The maximum Gasteiger partial charge on any atom is 0.190 e. The van der Waals surface area contributed by atoms with Crippen molar-refractivity contribution in [3.8, 4) is 22.8 Å². The Kier molecular flexibility index (Phi) is 5.36. The molecule has 30 heavy (non-hydrogen) atoms. The highest BCUT2D eigenvalue weighted by atomic mass is 32.1. The lowest BCUT2D eigenvalue weighted by molar-refractivity contribution is 0.171. The summed E-state index contributed by atoms with van der Waals surface area (Å²) >= 11 is 1.66. The normalized spacial score (nSPS) is 13.4. The number of hydrogen-bond donors (Lipinski definition) is 0. The highest BCUT2D eigenvalue weighted by molar-refractivity contribution is 7.07. The molecule has 1 aliphatic heterocycles. The Balaban J connectivity index is 1.56. The third kappa shape index (κ3) is 4.02. The number of fused-ring (bicyclic) bond motifs is 1. The van der Waals surface area contributed by atoms with Crippen molar-refractivity contribution in [2.24, 2.45) is 4.99 Å². The van der Waals surface area contributed by atoms with E-state index in [4.69, 9.17) is 14.5 Å². The summed E-state index contributed by atoms with van der Waals surface area (Å²) in [4.78, 5) is 5.90. The van der Waals surface area contributed by atoms with Gasteiger partial charge in [0.1, 0.15) is 13.2 Å². The Morgan fingerprint density at radius 2 is 1.57 bits per heavy atom. The largest absolute Gasteiger partial charge is 0.486 e. The Bertz CT molecular complexity index is 1200. The average Bonchev–Trinajstić information content (AvgIpc) is 3.21. The fourth-order valence-corrected chi connectivity index (χ4v) is 4.52. The van der Waals surface area contributed by atoms with Gasteiger partial charge in [0.25, 0.3) is 0 Å². The zero-order valence-electron chi connectivity index (χ0n) is 16.5. The summed E-state index contributed by atoms with van der Waals surface area (Å²) in [7, 11) is 0. The quantitative estimate of drug-likeness (QED) is 0.435. The monoisotopic (exact) mass is 414 g/mol. The summed E-state index contributed by atoms with van der Waals surface area (Å²) in [6.07, 6.45) is 0.942. The van der Waals surface area contributed by atoms with Crippen molar-refractivity contribution in [3.05, 3.63) is 94.6 Å². The summed E-state index contributed by atoms with van der Waals surface area (Å²) in [6.45, 7) is 2.04. The lowest BCUT2D eigenvalue weighted by Gasteiger charge is -2.19. The summed E-state index contributed by atoms with van der Waals surface area (Å²) in [6, 6.07) is 26.8. The number of aryl methyl sites for hydroxylation is 1. The van der Waals surface area contributed by atoms with Gasteiger partial charge in [0.15, 0.2) is 16.3 Å². The first-order valence-corrected chi connectivity index (χ1v) is 11.0. The number of benzene rings is 3. The van der Waals surface area contributed by atoms with Crippen LogP contribution in [0, 0.1) is 0 Å². The molecule has 0 bridgehead atoms. The third-order valence-electron chi connectivity index (χ3n) is 5.08. The van der Waals surface area contributed by atoms with Gasteiger partial charge in [-0.2, -0.15) is 0 Å². The molecule has 4 nitrogen and oxygen atoms in total. The molecule has 150 valence electrons. The Labute approximate surface area is 179 Å². The lowest BCUT2D eigenvalue weighted by atomic mass is 10.1. The SMILES string of the molecule is c1ccc(CCn2c(-c3ccc4c(c3)OCCO4)csc2=Nc2ccccc2)cc1. The molecule has 0 saturated carbocycles. The molecule has 0 N–H and O–H groups in total. The van der Waals surface area contributed by atoms with E-state index in [1.165, 1.54) is 5.56 Å². The van der Waals surface area contributed by atoms with Crippen molar-refractivity contribution in [3.63, 3.8) is 0 Å². The van der Waals surface area contributed by atoms with E-state index < -0.39 is 0 Å². The van der Waals surface area contributed by atoms with Crippen LogP contribution in [0.3, 0.4) is 0 Å². The molecule has 0 atom stereocenters. The fourth-order valence-electron chi connectivity index (χ4n) is 3.57. The minimum Gasteiger partial charge on any atom is -0.486 e. The van der Waals surface area contributed by atoms with E-state index in [0.717, 1.165) is 46.2 Å². The molecule has 0 radical (unpaired) electrons. The van der Waals surface area contributed by atoms with Crippen molar-refractivity contribution >= 4 is 17.0 Å². The minimum absolute atomic E-state index is 0.586. The zero-order valence-corrected chi connectivity index (χ0v) is 17.3. The van der Waals surface area contributed by atoms with Crippen LogP contribution < -0.4 is 14.3 Å². The minimum atomic E-state index is 0.586. The zero-order chi connectivity index (χ0) is 20.2. The summed E-state index contributed by atoms with van der Waals surface area (Å²) in [5.74, 6) is 1.62. The van der Waals surface area contributed by atoms with E-state index in [1.807, 2.05) is 36.4 Å². The van der Waals surface area contributed by atoms with Crippen LogP contribution in [0.25, 0.3) is 11.3 Å². The van der Waals surface area contributed by atoms with Crippen LogP contribution >= 0.6 is 11.3 Å². The lowest BCUT2D eigenvalue weighted by Crippen LogP contribution is -2.18. The van der Waals surface area contributed by atoms with Gasteiger partial charge in [0.05, 0.1) is 11.4 Å². The first kappa shape index (κ1) is 18.7. The predicted molar refractivity (Wildman–Crippen MR) is 121 cm³/mol. The van der Waals surface area contributed by atoms with E-state index in [2.05, 4.69) is 52.4 Å². The van der Waals surface area contributed by atoms with Gasteiger partial charge in [-0.15, -0.1) is 11.3 Å². The predicted octanol–water partition coefficient (Wildman–Crippen LogP) is 5.46. The van der Waals surface area contributed by atoms with Crippen LogP contribution in [0.1, 0.15) is 5.56 Å². The highest BCUT2D eigenvalue weighted by Gasteiger charge is 2.15. The van der Waals surface area contributed by atoms with Crippen molar-refractivity contribution < 1.29 is 9.47 Å². The van der Waals surface area contributed by atoms with Gasteiger partial charge in [-0.25, -0.2) is 4.99 Å². The molecule has 0 saturated heterocycles. The van der Waals surface area contributed by atoms with Crippen molar-refractivity contribution in [1.29, 1.82) is 0 Å². The van der Waals surface area contributed by atoms with Gasteiger partial charge in [0, 0.05) is 17.5 Å². The van der Waals surface area contributed by atoms with Gasteiger partial charge >= 0.3 is 0 Å². The van der Waals surface area contributed by atoms with Crippen LogP contribution in [-0.4, -0.2) is 17.8 Å². The molecule has 0 amide bonds. The number of ether oxygens (including phenoxy) is 2. The van der Waals surface area contributed by atoms with Gasteiger partial charge in [-0.05, 0) is 42.3 Å². The topological polar surface area (TPSA) is 35.8 Å². The molecular formula is C25H22N2O2S. The van der Waals surface area contributed by atoms with Gasteiger partial charge in [0.2, 0.25) is 0 Å². The second-order valence-corrected chi connectivity index (χ2v) is 7.93. The maximum absolute atomic E-state index is 5.80. The Morgan fingerprint density at radius 1 is 0.833 bits per heavy atom. The maximum atomic E-state index is 5.80. The van der Waals surface area contributed by atoms with Crippen LogP contribution in [0.4, 0.5) is 5.69 Å². The van der Waals surface area contributed by atoms with Crippen LogP contribution in [-0.2, 0) is 13.0 Å². The molecular weight excluding hydrogens is 392 g/mol. The molecule has 0 aliphatic carbocycles. The number of hydrogen-bond acceptors (Lipinski definition) is 4. The van der Waals surface area contributed by atoms with E-state index in [9.17, 15) is 0 Å². The highest BCUT2D eigenvalue weighted by Crippen LogP contribution is 2.34. The molecule has 0 spiro atoms. The molecule has 5 heteroatoms. The fraction of sp³-hybridized carbons (Fsp3) is 0.160. The molecule has 4 aromatic rings. The third-order valence-corrected chi connectivity index (χ3v) is 5.95. The van der Waals surface area contributed by atoms with Crippen molar-refractivity contribution in [1.82, 2.24) is 4.57 Å². The molecule has 1 aliphatic rings. The van der Waals surface area contributed by atoms with Crippen molar-refractivity contribution in [2.75, 3.05) is 13.2 Å². The molecule has 3 aromatic carbocycles. The van der Waals surface area contributed by atoms with Crippen LogP contribution in [0.2, 0.25) is 0 Å². The number of rotatable bonds is 5. The Morgan fingerprint density at radius 3 is 2.37 bits per heavy atom. The molecule has 1 aromatic heterocycles. The van der Waals surface area contributed by atoms with Gasteiger partial charge in [-0.3, -0.25) is 0 Å². The van der Waals surface area contributed by atoms with Crippen LogP contribution in [0.5, 0.6) is 11.5 Å². The first-order chi connectivity index (χ1) is 14.9. The van der Waals surface area contributed by atoms with E-state index >= 15 is 0 Å². The molecule has 5 rings (SSSR count). The van der Waals surface area contributed by atoms with E-state index in [1.54, 1.807) is 11.3 Å². The summed E-state index contributed by atoms with van der Waals surface area (Å²) < 4.78 is 13.8. The average molecular weight is 415 g/mol. The summed E-state index contributed by atoms with van der Waals surface area (Å²) in [5, 5.41) is 2.18. The first-order valence-electron chi connectivity index (χ1n) is 10.1. The number of para-hydroxylation sites is 1. The van der Waals surface area contributed by atoms with Gasteiger partial charge < -0.3 is 14.0 Å². The van der Waals surface area contributed by atoms with Crippen LogP contribution in [0.15, 0.2) is 89.2 Å². The van der Waals surface area contributed by atoms with Crippen molar-refractivity contribution in [2.45, 2.75) is 13.0 Å². The number of nitrogens with zero attached hydrogens (tertiary/aromatic N) is 2. The van der Waals surface area contributed by atoms with E-state index in [0.29, 0.717) is 13.2 Å². The smallest absolute Gasteiger partial charge is 0.190 e. The van der Waals surface area contributed by atoms with Gasteiger partial charge in [-0.1, -0.05) is 48.5 Å². The number of thiazole rings is 1.